The Morgan fingerprint density at radius 3 is 3.44 bits per heavy atom. The maximum atomic E-state index is 4.76. The molecule has 1 heterocycles. The van der Waals surface area contributed by atoms with Crippen molar-refractivity contribution in [1.82, 2.24) is 5.16 Å². The molecule has 0 bridgehead atoms. The summed E-state index contributed by atoms with van der Waals surface area (Å²) >= 11 is 0. The summed E-state index contributed by atoms with van der Waals surface area (Å²) in [5, 5.41) is 4.34. The Kier molecular flexibility index (Phi) is 0.803. The van der Waals surface area contributed by atoms with Crippen LogP contribution in [0.3, 0.4) is 0 Å². The first-order valence-electron chi connectivity index (χ1n) is 2.60. The van der Waals surface area contributed by atoms with Crippen LogP contribution in [0.25, 0.3) is 11.0 Å². The lowest BCUT2D eigenvalue weighted by Gasteiger charge is -1.77. The zero-order valence-corrected chi connectivity index (χ0v) is 4.59. The molecule has 0 aliphatic carbocycles. The lowest BCUT2D eigenvalue weighted by Crippen LogP contribution is -1.59. The number of benzene rings is 1. The molecule has 2 radical (unpaired) electrons. The molecule has 0 fully saturated rings. The molecule has 0 N–H and O–H groups in total. The van der Waals surface area contributed by atoms with Gasteiger partial charge in [0.2, 0.25) is 0 Å². The Hall–Kier alpha value is -1.31. The SMILES string of the molecule is [c]1noc2[c]cccc12. The number of rotatable bonds is 0. The van der Waals surface area contributed by atoms with E-state index in [0.29, 0.717) is 5.58 Å². The van der Waals surface area contributed by atoms with Gasteiger partial charge in [-0.1, -0.05) is 17.3 Å². The van der Waals surface area contributed by atoms with Crippen molar-refractivity contribution in [2.75, 3.05) is 0 Å². The van der Waals surface area contributed by atoms with E-state index in [1.807, 2.05) is 12.1 Å². The topological polar surface area (TPSA) is 26.0 Å². The molecule has 2 aromatic rings. The predicted molar refractivity (Wildman–Crippen MR) is 31.7 cm³/mol. The summed E-state index contributed by atoms with van der Waals surface area (Å²) in [6.45, 7) is 0. The molecular formula is C7H3NO. The van der Waals surface area contributed by atoms with Gasteiger partial charge in [-0.2, -0.15) is 0 Å². The molecule has 1 aromatic carbocycles. The van der Waals surface area contributed by atoms with Crippen LogP contribution in [0.4, 0.5) is 0 Å². The second-order valence-electron chi connectivity index (χ2n) is 1.71. The van der Waals surface area contributed by atoms with Crippen molar-refractivity contribution in [3.05, 3.63) is 30.5 Å². The van der Waals surface area contributed by atoms with Gasteiger partial charge < -0.3 is 4.52 Å². The van der Waals surface area contributed by atoms with Crippen molar-refractivity contribution in [2.45, 2.75) is 0 Å². The van der Waals surface area contributed by atoms with Crippen LogP contribution >= 0.6 is 0 Å². The zero-order chi connectivity index (χ0) is 6.10. The van der Waals surface area contributed by atoms with Gasteiger partial charge >= 0.3 is 0 Å². The van der Waals surface area contributed by atoms with E-state index in [-0.39, 0.29) is 0 Å². The zero-order valence-electron chi connectivity index (χ0n) is 4.59. The Morgan fingerprint density at radius 2 is 2.56 bits per heavy atom. The molecule has 0 amide bonds. The molecule has 0 saturated heterocycles. The second-order valence-corrected chi connectivity index (χ2v) is 1.71. The van der Waals surface area contributed by atoms with Gasteiger partial charge in [0.15, 0.2) is 5.58 Å². The fourth-order valence-corrected chi connectivity index (χ4v) is 0.703. The van der Waals surface area contributed by atoms with Gasteiger partial charge in [0.1, 0.15) is 6.20 Å². The average molecular weight is 117 g/mol. The monoisotopic (exact) mass is 117 g/mol. The van der Waals surface area contributed by atoms with Gasteiger partial charge in [-0.25, -0.2) is 0 Å². The van der Waals surface area contributed by atoms with Crippen LogP contribution in [-0.4, -0.2) is 5.16 Å². The molecule has 0 spiro atoms. The number of fused-ring (bicyclic) bond motifs is 1. The third-order valence-electron chi connectivity index (χ3n) is 1.12. The number of hydrogen-bond donors (Lipinski definition) is 0. The minimum Gasteiger partial charge on any atom is -0.355 e. The molecule has 0 saturated carbocycles. The molecule has 0 aliphatic heterocycles. The van der Waals surface area contributed by atoms with Gasteiger partial charge in [-0.3, -0.25) is 0 Å². The van der Waals surface area contributed by atoms with Crippen LogP contribution in [0.15, 0.2) is 22.7 Å². The van der Waals surface area contributed by atoms with Crippen LogP contribution in [0.2, 0.25) is 0 Å². The van der Waals surface area contributed by atoms with Crippen molar-refractivity contribution in [1.29, 1.82) is 0 Å². The smallest absolute Gasteiger partial charge is 0.175 e. The molecule has 42 valence electrons. The van der Waals surface area contributed by atoms with Crippen LogP contribution in [-0.2, 0) is 0 Å². The van der Waals surface area contributed by atoms with Crippen LogP contribution in [0.5, 0.6) is 0 Å². The molecule has 9 heavy (non-hydrogen) atoms. The molecule has 1 aromatic heterocycles. The minimum absolute atomic E-state index is 0.664. The standard InChI is InChI=1S/C7H3NO/c1-2-4-7-6(3-1)5-8-9-7/h1-3H. The van der Waals surface area contributed by atoms with E-state index in [4.69, 9.17) is 4.52 Å². The quantitative estimate of drug-likeness (QED) is 0.521. The van der Waals surface area contributed by atoms with Gasteiger partial charge in [0.25, 0.3) is 0 Å². The Labute approximate surface area is 52.1 Å². The van der Waals surface area contributed by atoms with E-state index in [9.17, 15) is 0 Å². The summed E-state index contributed by atoms with van der Waals surface area (Å²) in [6, 6.07) is 8.40. The van der Waals surface area contributed by atoms with Crippen molar-refractivity contribution >= 4 is 11.0 Å². The summed E-state index contributed by atoms with van der Waals surface area (Å²) in [5.41, 5.74) is 0.664. The molecule has 2 heteroatoms. The summed E-state index contributed by atoms with van der Waals surface area (Å²) in [5.74, 6) is 0. The van der Waals surface area contributed by atoms with Gasteiger partial charge in [-0.05, 0) is 6.07 Å². The molecule has 2 nitrogen and oxygen atoms in total. The van der Waals surface area contributed by atoms with Crippen LogP contribution < -0.4 is 0 Å². The van der Waals surface area contributed by atoms with E-state index in [0.717, 1.165) is 5.39 Å². The highest BCUT2D eigenvalue weighted by Gasteiger charge is 1.93. The number of hydrogen-bond acceptors (Lipinski definition) is 2. The highest BCUT2D eigenvalue weighted by Crippen LogP contribution is 2.08. The summed E-state index contributed by atoms with van der Waals surface area (Å²) < 4.78 is 4.76. The van der Waals surface area contributed by atoms with E-state index < -0.39 is 0 Å². The molecule has 0 aliphatic rings. The van der Waals surface area contributed by atoms with Crippen LogP contribution in [0, 0.1) is 12.3 Å². The Bertz CT molecular complexity index is 283. The minimum atomic E-state index is 0.664. The van der Waals surface area contributed by atoms with E-state index in [1.165, 1.54) is 0 Å². The maximum Gasteiger partial charge on any atom is 0.175 e. The summed E-state index contributed by atoms with van der Waals surface area (Å²) in [4.78, 5) is 0. The first kappa shape index (κ1) is 4.56. The highest BCUT2D eigenvalue weighted by molar-refractivity contribution is 5.73. The highest BCUT2D eigenvalue weighted by atomic mass is 16.5. The predicted octanol–water partition coefficient (Wildman–Crippen LogP) is 1.43. The maximum absolute atomic E-state index is 4.76. The van der Waals surface area contributed by atoms with E-state index in [2.05, 4.69) is 17.4 Å². The summed E-state index contributed by atoms with van der Waals surface area (Å²) in [6.07, 6.45) is 2.67. The Morgan fingerprint density at radius 1 is 1.56 bits per heavy atom. The number of nitrogens with zero attached hydrogens (tertiary/aromatic N) is 1. The number of aromatic nitrogens is 1. The Balaban J connectivity index is 2.95. The average Bonchev–Trinajstić information content (AvgIpc) is 2.33. The van der Waals surface area contributed by atoms with Crippen molar-refractivity contribution in [3.63, 3.8) is 0 Å². The lowest BCUT2D eigenvalue weighted by molar-refractivity contribution is 0.454. The molecular weight excluding hydrogens is 114 g/mol. The van der Waals surface area contributed by atoms with Gasteiger partial charge in [0, 0.05) is 6.07 Å². The largest absolute Gasteiger partial charge is 0.355 e. The normalized spacial score (nSPS) is 10.2. The molecule has 0 unspecified atom stereocenters. The molecule has 2 rings (SSSR count). The fraction of sp³-hybridized carbons (Fsp3) is 0. The first-order valence-corrected chi connectivity index (χ1v) is 2.60. The van der Waals surface area contributed by atoms with Crippen molar-refractivity contribution in [3.8, 4) is 0 Å². The molecule has 0 atom stereocenters. The lowest BCUT2D eigenvalue weighted by atomic mass is 10.3. The van der Waals surface area contributed by atoms with Crippen molar-refractivity contribution in [2.24, 2.45) is 0 Å². The van der Waals surface area contributed by atoms with Crippen LogP contribution in [0.1, 0.15) is 0 Å². The van der Waals surface area contributed by atoms with Crippen molar-refractivity contribution < 1.29 is 4.52 Å². The van der Waals surface area contributed by atoms with Gasteiger partial charge in [-0.15, -0.1) is 0 Å². The number of para-hydroxylation sites is 1. The third-order valence-corrected chi connectivity index (χ3v) is 1.12. The van der Waals surface area contributed by atoms with E-state index in [1.54, 1.807) is 6.07 Å². The fourth-order valence-electron chi connectivity index (χ4n) is 0.703. The second kappa shape index (κ2) is 1.58. The van der Waals surface area contributed by atoms with Gasteiger partial charge in [0.05, 0.1) is 5.39 Å². The first-order chi connectivity index (χ1) is 4.47. The van der Waals surface area contributed by atoms with E-state index >= 15 is 0 Å². The summed E-state index contributed by atoms with van der Waals surface area (Å²) in [7, 11) is 0. The third kappa shape index (κ3) is 0.598.